The minimum atomic E-state index is -1.14. The molecule has 0 saturated heterocycles. The average molecular weight is 317 g/mol. The number of carbonyl (C=O) groups excluding carboxylic acids is 1. The van der Waals surface area contributed by atoms with Crippen LogP contribution in [0.2, 0.25) is 5.02 Å². The highest BCUT2D eigenvalue weighted by molar-refractivity contribution is 6.32. The Morgan fingerprint density at radius 3 is 2.71 bits per heavy atom. The number of nitrogens with one attached hydrogen (secondary N) is 1. The minimum Gasteiger partial charge on any atom is -0.483 e. The molecule has 7 nitrogen and oxygen atoms in total. The van der Waals surface area contributed by atoms with Crippen LogP contribution in [0, 0.1) is 10.1 Å². The zero-order chi connectivity index (χ0) is 16.0. The SMILES string of the molecule is CCOC(=O)C(C)(COc1c(Cl)cccc1[N+](=O)[O-])NC. The average Bonchev–Trinajstić information content (AvgIpc) is 2.45. The summed E-state index contributed by atoms with van der Waals surface area (Å²) in [6, 6.07) is 4.21. The zero-order valence-corrected chi connectivity index (χ0v) is 12.8. The van der Waals surface area contributed by atoms with Gasteiger partial charge in [0, 0.05) is 6.07 Å². The molecule has 0 bridgehead atoms. The Bertz CT molecular complexity index is 537. The molecule has 116 valence electrons. The van der Waals surface area contributed by atoms with Crippen LogP contribution >= 0.6 is 11.6 Å². The fourth-order valence-corrected chi connectivity index (χ4v) is 1.75. The monoisotopic (exact) mass is 316 g/mol. The Morgan fingerprint density at radius 1 is 1.52 bits per heavy atom. The minimum absolute atomic E-state index is 0.0741. The molecule has 0 radical (unpaired) electrons. The summed E-state index contributed by atoms with van der Waals surface area (Å²) < 4.78 is 10.4. The summed E-state index contributed by atoms with van der Waals surface area (Å²) >= 11 is 5.92. The molecule has 8 heteroatoms. The Balaban J connectivity index is 2.96. The van der Waals surface area contributed by atoms with Crippen molar-refractivity contribution in [1.29, 1.82) is 0 Å². The largest absolute Gasteiger partial charge is 0.483 e. The van der Waals surface area contributed by atoms with Crippen LogP contribution in [-0.2, 0) is 9.53 Å². The van der Waals surface area contributed by atoms with E-state index in [0.29, 0.717) is 0 Å². The lowest BCUT2D eigenvalue weighted by Gasteiger charge is -2.26. The Labute approximate surface area is 127 Å². The molecule has 1 aromatic rings. The van der Waals surface area contributed by atoms with Gasteiger partial charge in [0.25, 0.3) is 0 Å². The normalized spacial score (nSPS) is 13.3. The number of nitrogens with zero attached hydrogens (tertiary/aromatic N) is 1. The molecule has 0 aliphatic rings. The molecule has 0 fully saturated rings. The molecule has 21 heavy (non-hydrogen) atoms. The standard InChI is InChI=1S/C13H17ClN2O5/c1-4-20-12(17)13(2,15-3)8-21-11-9(14)6-5-7-10(11)16(18)19/h5-7,15H,4,8H2,1-3H3. The smallest absolute Gasteiger partial charge is 0.329 e. The predicted octanol–water partition coefficient (Wildman–Crippen LogP) is 2.17. The lowest BCUT2D eigenvalue weighted by atomic mass is 10.1. The van der Waals surface area contributed by atoms with Crippen LogP contribution < -0.4 is 10.1 Å². The summed E-state index contributed by atoms with van der Waals surface area (Å²) in [5.41, 5.74) is -1.40. The van der Waals surface area contributed by atoms with Gasteiger partial charge in [0.2, 0.25) is 5.75 Å². The molecular formula is C13H17ClN2O5. The van der Waals surface area contributed by atoms with E-state index in [1.54, 1.807) is 20.9 Å². The van der Waals surface area contributed by atoms with E-state index >= 15 is 0 Å². The summed E-state index contributed by atoms with van der Waals surface area (Å²) in [4.78, 5) is 22.3. The van der Waals surface area contributed by atoms with E-state index in [1.165, 1.54) is 18.2 Å². The van der Waals surface area contributed by atoms with Crippen LogP contribution in [0.5, 0.6) is 5.75 Å². The molecular weight excluding hydrogens is 300 g/mol. The van der Waals surface area contributed by atoms with Gasteiger partial charge in [-0.15, -0.1) is 0 Å². The molecule has 0 amide bonds. The molecule has 0 spiro atoms. The topological polar surface area (TPSA) is 90.7 Å². The molecule has 1 atom stereocenters. The molecule has 0 aromatic heterocycles. The molecule has 0 aliphatic heterocycles. The van der Waals surface area contributed by atoms with E-state index in [2.05, 4.69) is 5.32 Å². The number of nitro benzene ring substituents is 1. The first-order valence-electron chi connectivity index (χ1n) is 6.27. The van der Waals surface area contributed by atoms with Crippen LogP contribution in [0.1, 0.15) is 13.8 Å². The molecule has 1 aromatic carbocycles. The maximum atomic E-state index is 11.9. The zero-order valence-electron chi connectivity index (χ0n) is 12.0. The van der Waals surface area contributed by atoms with Crippen molar-refractivity contribution in [1.82, 2.24) is 5.32 Å². The summed E-state index contributed by atoms with van der Waals surface area (Å²) in [5.74, 6) is -0.586. The number of hydrogen-bond donors (Lipinski definition) is 1. The first kappa shape index (κ1) is 17.2. The first-order valence-corrected chi connectivity index (χ1v) is 6.65. The van der Waals surface area contributed by atoms with Gasteiger partial charge in [0.15, 0.2) is 0 Å². The van der Waals surface area contributed by atoms with E-state index in [4.69, 9.17) is 21.1 Å². The highest BCUT2D eigenvalue weighted by Gasteiger charge is 2.35. The van der Waals surface area contributed by atoms with Crippen LogP contribution in [-0.4, -0.2) is 36.7 Å². The van der Waals surface area contributed by atoms with Crippen molar-refractivity contribution >= 4 is 23.3 Å². The van der Waals surface area contributed by atoms with Crippen molar-refractivity contribution in [2.24, 2.45) is 0 Å². The van der Waals surface area contributed by atoms with Crippen molar-refractivity contribution in [2.45, 2.75) is 19.4 Å². The molecule has 1 unspecified atom stereocenters. The van der Waals surface area contributed by atoms with Gasteiger partial charge in [-0.25, -0.2) is 4.79 Å². The maximum Gasteiger partial charge on any atom is 0.329 e. The fourth-order valence-electron chi connectivity index (χ4n) is 1.52. The molecule has 0 aliphatic carbocycles. The summed E-state index contributed by atoms with van der Waals surface area (Å²) in [6.45, 7) is 3.33. The number of halogens is 1. The molecule has 0 heterocycles. The van der Waals surface area contributed by atoms with E-state index in [-0.39, 0.29) is 29.7 Å². The van der Waals surface area contributed by atoms with E-state index in [1.807, 2.05) is 0 Å². The van der Waals surface area contributed by atoms with Gasteiger partial charge < -0.3 is 14.8 Å². The number of likely N-dealkylation sites (N-methyl/N-ethyl adjacent to an activating group) is 1. The summed E-state index contributed by atoms with van der Waals surface area (Å²) in [5, 5.41) is 13.9. The summed E-state index contributed by atoms with van der Waals surface area (Å²) in [6.07, 6.45) is 0. The van der Waals surface area contributed by atoms with E-state index in [0.717, 1.165) is 0 Å². The van der Waals surface area contributed by atoms with E-state index in [9.17, 15) is 14.9 Å². The molecule has 0 saturated carbocycles. The van der Waals surface area contributed by atoms with Gasteiger partial charge in [-0.2, -0.15) is 0 Å². The number of benzene rings is 1. The molecule has 1 N–H and O–H groups in total. The Morgan fingerprint density at radius 2 is 2.19 bits per heavy atom. The van der Waals surface area contributed by atoms with Gasteiger partial charge in [-0.3, -0.25) is 10.1 Å². The van der Waals surface area contributed by atoms with Crippen LogP contribution in [0.4, 0.5) is 5.69 Å². The van der Waals surface area contributed by atoms with Crippen LogP contribution in [0.25, 0.3) is 0 Å². The van der Waals surface area contributed by atoms with Crippen molar-refractivity contribution in [2.75, 3.05) is 20.3 Å². The number of ether oxygens (including phenoxy) is 2. The van der Waals surface area contributed by atoms with Gasteiger partial charge in [0.1, 0.15) is 12.1 Å². The van der Waals surface area contributed by atoms with Crippen LogP contribution in [0.15, 0.2) is 18.2 Å². The maximum absolute atomic E-state index is 11.9. The Hall–Kier alpha value is -1.86. The first-order chi connectivity index (χ1) is 9.85. The lowest BCUT2D eigenvalue weighted by Crippen LogP contribution is -2.53. The number of carbonyl (C=O) groups is 1. The van der Waals surface area contributed by atoms with E-state index < -0.39 is 16.4 Å². The second kappa shape index (κ2) is 7.24. The highest BCUT2D eigenvalue weighted by atomic mass is 35.5. The summed E-state index contributed by atoms with van der Waals surface area (Å²) in [7, 11) is 1.57. The number of rotatable bonds is 7. The third-order valence-corrected chi connectivity index (χ3v) is 3.22. The third kappa shape index (κ3) is 4.05. The van der Waals surface area contributed by atoms with Gasteiger partial charge in [0.05, 0.1) is 16.6 Å². The predicted molar refractivity (Wildman–Crippen MR) is 77.7 cm³/mol. The lowest BCUT2D eigenvalue weighted by molar-refractivity contribution is -0.385. The highest BCUT2D eigenvalue weighted by Crippen LogP contribution is 2.34. The fraction of sp³-hybridized carbons (Fsp3) is 0.462. The Kier molecular flexibility index (Phi) is 5.92. The van der Waals surface area contributed by atoms with Gasteiger partial charge in [-0.05, 0) is 27.0 Å². The number of esters is 1. The number of nitro groups is 1. The van der Waals surface area contributed by atoms with Crippen molar-refractivity contribution in [3.8, 4) is 5.75 Å². The van der Waals surface area contributed by atoms with Crippen molar-refractivity contribution in [3.05, 3.63) is 33.3 Å². The number of hydrogen-bond acceptors (Lipinski definition) is 6. The third-order valence-electron chi connectivity index (χ3n) is 2.93. The van der Waals surface area contributed by atoms with Crippen molar-refractivity contribution < 1.29 is 19.2 Å². The van der Waals surface area contributed by atoms with Gasteiger partial charge >= 0.3 is 11.7 Å². The quantitative estimate of drug-likeness (QED) is 0.471. The van der Waals surface area contributed by atoms with Crippen LogP contribution in [0.3, 0.4) is 0 Å². The molecule has 1 rings (SSSR count). The van der Waals surface area contributed by atoms with Crippen molar-refractivity contribution in [3.63, 3.8) is 0 Å². The second-order valence-electron chi connectivity index (χ2n) is 4.44. The van der Waals surface area contributed by atoms with Gasteiger partial charge in [-0.1, -0.05) is 17.7 Å². The number of para-hydroxylation sites is 1. The second-order valence-corrected chi connectivity index (χ2v) is 4.84.